The Labute approximate surface area is 124 Å². The van der Waals surface area contributed by atoms with Crippen molar-refractivity contribution >= 4 is 7.85 Å². The third kappa shape index (κ3) is 2.66. The van der Waals surface area contributed by atoms with Gasteiger partial charge in [-0.05, 0) is 55.2 Å². The Bertz CT molecular complexity index is 476. The molecule has 2 aliphatic rings. The topological polar surface area (TPSA) is 29.3 Å². The molecule has 0 aromatic heterocycles. The van der Waals surface area contributed by atoms with Crippen LogP contribution in [0.2, 0.25) is 6.32 Å². The Kier molecular flexibility index (Phi) is 3.92. The molecule has 20 heavy (non-hydrogen) atoms. The second-order valence-corrected chi connectivity index (χ2v) is 6.91. The summed E-state index contributed by atoms with van der Waals surface area (Å²) in [5.74, 6) is 0.842. The van der Waals surface area contributed by atoms with Crippen LogP contribution in [0.25, 0.3) is 0 Å². The monoisotopic (exact) mass is 270 g/mol. The predicted molar refractivity (Wildman–Crippen MR) is 88.0 cm³/mol. The molecule has 1 aromatic rings. The molecule has 0 unspecified atom stereocenters. The van der Waals surface area contributed by atoms with Crippen LogP contribution < -0.4 is 5.73 Å². The van der Waals surface area contributed by atoms with Gasteiger partial charge in [0.25, 0.3) is 0 Å². The largest absolute Gasteiger partial charge is 0.329 e. The summed E-state index contributed by atoms with van der Waals surface area (Å²) < 4.78 is 0. The maximum atomic E-state index is 5.90. The summed E-state index contributed by atoms with van der Waals surface area (Å²) in [7, 11) is 2.25. The fraction of sp³-hybridized carbons (Fsp3) is 0.647. The lowest BCUT2D eigenvalue weighted by Crippen LogP contribution is -2.56. The van der Waals surface area contributed by atoms with Gasteiger partial charge in [-0.1, -0.05) is 24.5 Å². The molecule has 0 radical (unpaired) electrons. The van der Waals surface area contributed by atoms with E-state index in [0.29, 0.717) is 5.54 Å². The van der Waals surface area contributed by atoms with Crippen molar-refractivity contribution < 1.29 is 0 Å². The van der Waals surface area contributed by atoms with Gasteiger partial charge in [-0.15, -0.1) is 0 Å². The molecule has 3 rings (SSSR count). The Morgan fingerprint density at radius 1 is 1.35 bits per heavy atom. The number of hydrogen-bond donors (Lipinski definition) is 1. The van der Waals surface area contributed by atoms with Crippen LogP contribution in [0, 0.1) is 12.8 Å². The van der Waals surface area contributed by atoms with Gasteiger partial charge >= 0.3 is 0 Å². The minimum atomic E-state index is 0.413. The number of benzene rings is 1. The first kappa shape index (κ1) is 14.2. The number of rotatable bonds is 6. The van der Waals surface area contributed by atoms with Crippen molar-refractivity contribution in [2.24, 2.45) is 11.7 Å². The van der Waals surface area contributed by atoms with Crippen LogP contribution in [0.3, 0.4) is 0 Å². The van der Waals surface area contributed by atoms with Crippen LogP contribution >= 0.6 is 0 Å². The van der Waals surface area contributed by atoms with Gasteiger partial charge in [-0.25, -0.2) is 0 Å². The lowest BCUT2D eigenvalue weighted by Gasteiger charge is -2.45. The average molecular weight is 270 g/mol. The maximum absolute atomic E-state index is 5.90. The minimum Gasteiger partial charge on any atom is -0.329 e. The average Bonchev–Trinajstić information content (AvgIpc) is 3.16. The molecular weight excluding hydrogens is 243 g/mol. The molecule has 108 valence electrons. The number of likely N-dealkylation sites (tertiary alicyclic amines) is 1. The predicted octanol–water partition coefficient (Wildman–Crippen LogP) is 1.55. The first-order valence-electron chi connectivity index (χ1n) is 8.20. The lowest BCUT2D eigenvalue weighted by molar-refractivity contribution is 0.0429. The van der Waals surface area contributed by atoms with Crippen LogP contribution in [0.1, 0.15) is 29.5 Å². The van der Waals surface area contributed by atoms with E-state index in [0.717, 1.165) is 12.5 Å². The molecule has 2 N–H and O–H groups in total. The lowest BCUT2D eigenvalue weighted by atomic mass is 9.87. The fourth-order valence-electron chi connectivity index (χ4n) is 3.62. The van der Waals surface area contributed by atoms with E-state index in [1.165, 1.54) is 56.2 Å². The Balaban J connectivity index is 1.55. The van der Waals surface area contributed by atoms with E-state index >= 15 is 0 Å². The fourth-order valence-corrected chi connectivity index (χ4v) is 3.62. The summed E-state index contributed by atoms with van der Waals surface area (Å²) in [5, 5.41) is 0. The summed E-state index contributed by atoms with van der Waals surface area (Å²) in [5.41, 5.74) is 10.8. The molecule has 1 aromatic carbocycles. The number of aryl methyl sites for hydroxylation is 2. The van der Waals surface area contributed by atoms with E-state index in [1.54, 1.807) is 5.56 Å². The van der Waals surface area contributed by atoms with Crippen LogP contribution in [0.5, 0.6) is 0 Å². The molecule has 1 heterocycles. The van der Waals surface area contributed by atoms with Crippen molar-refractivity contribution in [3.63, 3.8) is 0 Å². The first-order valence-corrected chi connectivity index (χ1v) is 8.20. The molecule has 0 amide bonds. The third-order valence-electron chi connectivity index (χ3n) is 5.29. The minimum absolute atomic E-state index is 0.413. The first-order chi connectivity index (χ1) is 9.66. The molecular formula is C17H27BN2. The van der Waals surface area contributed by atoms with E-state index in [9.17, 15) is 0 Å². The zero-order valence-electron chi connectivity index (χ0n) is 13.0. The molecule has 0 atom stereocenters. The Morgan fingerprint density at radius 3 is 2.65 bits per heavy atom. The molecule has 1 saturated carbocycles. The van der Waals surface area contributed by atoms with Gasteiger partial charge in [0, 0.05) is 25.2 Å². The van der Waals surface area contributed by atoms with Crippen LogP contribution in [-0.2, 0) is 12.8 Å². The molecule has 2 fully saturated rings. The normalized spacial score (nSPS) is 21.7. The zero-order valence-corrected chi connectivity index (χ0v) is 13.0. The zero-order chi connectivity index (χ0) is 14.2. The van der Waals surface area contributed by atoms with E-state index < -0.39 is 0 Å². The Hall–Kier alpha value is -0.795. The molecule has 0 bridgehead atoms. The quantitative estimate of drug-likeness (QED) is 0.795. The van der Waals surface area contributed by atoms with Crippen molar-refractivity contribution in [2.45, 2.75) is 44.5 Å². The maximum Gasteiger partial charge on any atom is 0.101 e. The van der Waals surface area contributed by atoms with Crippen molar-refractivity contribution in [1.29, 1.82) is 0 Å². The summed E-state index contributed by atoms with van der Waals surface area (Å²) in [4.78, 5) is 2.62. The van der Waals surface area contributed by atoms with E-state index in [4.69, 9.17) is 5.73 Å². The van der Waals surface area contributed by atoms with Crippen molar-refractivity contribution in [3.05, 3.63) is 34.9 Å². The highest BCUT2D eigenvalue weighted by Crippen LogP contribution is 2.44. The number of hydrogen-bond acceptors (Lipinski definition) is 2. The second-order valence-electron chi connectivity index (χ2n) is 6.91. The SMILES string of the molecule is BCCc1ccc(CC2CN(C3(CN)CC3)C2)c(C)c1. The summed E-state index contributed by atoms with van der Waals surface area (Å²) in [6, 6.07) is 7.07. The van der Waals surface area contributed by atoms with Gasteiger partial charge in [0.05, 0.1) is 0 Å². The van der Waals surface area contributed by atoms with Crippen molar-refractivity contribution in [1.82, 2.24) is 4.90 Å². The van der Waals surface area contributed by atoms with Gasteiger partial charge in [0.2, 0.25) is 0 Å². The second kappa shape index (κ2) is 5.53. The van der Waals surface area contributed by atoms with Gasteiger partial charge < -0.3 is 5.73 Å². The molecule has 2 nitrogen and oxygen atoms in total. The van der Waals surface area contributed by atoms with Crippen LogP contribution in [0.15, 0.2) is 18.2 Å². The smallest absolute Gasteiger partial charge is 0.101 e. The Morgan fingerprint density at radius 2 is 2.10 bits per heavy atom. The van der Waals surface area contributed by atoms with E-state index in [2.05, 4.69) is 37.9 Å². The molecule has 1 aliphatic carbocycles. The van der Waals surface area contributed by atoms with Gasteiger partial charge in [0.1, 0.15) is 7.85 Å². The highest BCUT2D eigenvalue weighted by Gasteiger charge is 2.50. The van der Waals surface area contributed by atoms with Crippen molar-refractivity contribution in [2.75, 3.05) is 19.6 Å². The van der Waals surface area contributed by atoms with E-state index in [-0.39, 0.29) is 0 Å². The van der Waals surface area contributed by atoms with Crippen LogP contribution in [-0.4, -0.2) is 37.9 Å². The third-order valence-corrected chi connectivity index (χ3v) is 5.29. The van der Waals surface area contributed by atoms with Crippen molar-refractivity contribution in [3.8, 4) is 0 Å². The molecule has 3 heteroatoms. The molecule has 1 saturated heterocycles. The van der Waals surface area contributed by atoms with E-state index in [1.807, 2.05) is 0 Å². The summed E-state index contributed by atoms with van der Waals surface area (Å²) >= 11 is 0. The number of nitrogens with two attached hydrogens (primary N) is 1. The van der Waals surface area contributed by atoms with Crippen LogP contribution in [0.4, 0.5) is 0 Å². The molecule has 1 aliphatic heterocycles. The van der Waals surface area contributed by atoms with Gasteiger partial charge in [0.15, 0.2) is 0 Å². The van der Waals surface area contributed by atoms with Gasteiger partial charge in [-0.2, -0.15) is 0 Å². The number of nitrogens with zero attached hydrogens (tertiary/aromatic N) is 1. The summed E-state index contributed by atoms with van der Waals surface area (Å²) in [6.07, 6.45) is 6.33. The van der Waals surface area contributed by atoms with Gasteiger partial charge in [-0.3, -0.25) is 4.90 Å². The standard InChI is InChI=1S/C17H27BN2/c1-13-8-14(4-7-18)2-3-16(13)9-15-10-20(11-15)17(12-19)5-6-17/h2-3,8,15H,4-7,9-12,18-19H2,1H3. The summed E-state index contributed by atoms with van der Waals surface area (Å²) in [6.45, 7) is 5.64. The molecule has 0 spiro atoms. The highest BCUT2D eigenvalue weighted by atomic mass is 15.3. The highest BCUT2D eigenvalue weighted by molar-refractivity contribution is 6.08.